The molecule has 9 nitrogen and oxygen atoms in total. The van der Waals surface area contributed by atoms with Gasteiger partial charge in [-0.2, -0.15) is 0 Å². The molecule has 1 amide bonds. The van der Waals surface area contributed by atoms with E-state index in [1.54, 1.807) is 50.2 Å². The summed E-state index contributed by atoms with van der Waals surface area (Å²) in [5.41, 5.74) is 2.16. The van der Waals surface area contributed by atoms with Crippen molar-refractivity contribution in [3.63, 3.8) is 0 Å². The summed E-state index contributed by atoms with van der Waals surface area (Å²) in [5.74, 6) is -0.364. The van der Waals surface area contributed by atoms with E-state index in [2.05, 4.69) is 19.7 Å². The third-order valence-electron chi connectivity index (χ3n) is 5.46. The lowest BCUT2D eigenvalue weighted by atomic mass is 10.1. The SMILES string of the molecule is Cc1ccccc1NS(=O)(=O)c1cc(C(=O)Nc2ccc(S(=O)(=O)Nc3ccccn3)cc2)ccc1C. The molecular weight excluding hydrogens is 512 g/mol. The van der Waals surface area contributed by atoms with E-state index < -0.39 is 26.0 Å². The number of hydrogen-bond acceptors (Lipinski definition) is 6. The second-order valence-electron chi connectivity index (χ2n) is 8.20. The van der Waals surface area contributed by atoms with E-state index in [9.17, 15) is 21.6 Å². The molecule has 37 heavy (non-hydrogen) atoms. The summed E-state index contributed by atoms with van der Waals surface area (Å²) in [4.78, 5) is 16.8. The summed E-state index contributed by atoms with van der Waals surface area (Å²) in [7, 11) is -7.82. The van der Waals surface area contributed by atoms with Crippen molar-refractivity contribution >= 4 is 43.1 Å². The maximum atomic E-state index is 13.1. The van der Waals surface area contributed by atoms with E-state index in [0.717, 1.165) is 5.56 Å². The Morgan fingerprint density at radius 1 is 0.730 bits per heavy atom. The zero-order valence-corrected chi connectivity index (χ0v) is 21.6. The van der Waals surface area contributed by atoms with Gasteiger partial charge in [0.05, 0.1) is 15.5 Å². The number of rotatable bonds is 8. The Bertz CT molecular complexity index is 1660. The maximum Gasteiger partial charge on any atom is 0.263 e. The van der Waals surface area contributed by atoms with Crippen LogP contribution in [0.4, 0.5) is 17.2 Å². The summed E-state index contributed by atoms with van der Waals surface area (Å²) in [6.45, 7) is 3.44. The van der Waals surface area contributed by atoms with E-state index >= 15 is 0 Å². The highest BCUT2D eigenvalue weighted by molar-refractivity contribution is 7.93. The van der Waals surface area contributed by atoms with Crippen molar-refractivity contribution in [2.45, 2.75) is 23.6 Å². The number of benzene rings is 3. The van der Waals surface area contributed by atoms with Crippen molar-refractivity contribution in [2.24, 2.45) is 0 Å². The summed E-state index contributed by atoms with van der Waals surface area (Å²) >= 11 is 0. The van der Waals surface area contributed by atoms with Gasteiger partial charge in [0.2, 0.25) is 0 Å². The van der Waals surface area contributed by atoms with Crippen LogP contribution in [0.3, 0.4) is 0 Å². The second-order valence-corrected chi connectivity index (χ2v) is 11.5. The first-order valence-electron chi connectivity index (χ1n) is 11.1. The predicted molar refractivity (Wildman–Crippen MR) is 143 cm³/mol. The van der Waals surface area contributed by atoms with Gasteiger partial charge in [-0.15, -0.1) is 0 Å². The Morgan fingerprint density at radius 3 is 2.11 bits per heavy atom. The third kappa shape index (κ3) is 6.13. The molecular formula is C26H24N4O5S2. The van der Waals surface area contributed by atoms with Crippen LogP contribution in [-0.2, 0) is 20.0 Å². The van der Waals surface area contributed by atoms with E-state index in [0.29, 0.717) is 16.9 Å². The predicted octanol–water partition coefficient (Wildman–Crippen LogP) is 4.55. The average molecular weight is 537 g/mol. The number of sulfonamides is 2. The molecule has 0 unspecified atom stereocenters. The first kappa shape index (κ1) is 25.9. The van der Waals surface area contributed by atoms with Crippen LogP contribution in [-0.4, -0.2) is 27.7 Å². The number of aromatic nitrogens is 1. The van der Waals surface area contributed by atoms with Crippen LogP contribution in [0.2, 0.25) is 0 Å². The molecule has 0 aliphatic carbocycles. The first-order chi connectivity index (χ1) is 17.5. The molecule has 3 aromatic carbocycles. The minimum absolute atomic E-state index is 0.0119. The Balaban J connectivity index is 1.51. The van der Waals surface area contributed by atoms with Gasteiger partial charge in [0.1, 0.15) is 5.82 Å². The van der Waals surface area contributed by atoms with Crippen LogP contribution < -0.4 is 14.8 Å². The fourth-order valence-electron chi connectivity index (χ4n) is 3.46. The first-order valence-corrected chi connectivity index (χ1v) is 14.1. The lowest BCUT2D eigenvalue weighted by molar-refractivity contribution is 0.102. The molecule has 0 bridgehead atoms. The standard InChI is InChI=1S/C26H24N4O5S2/c1-18-7-3-4-8-23(18)29-37(34,35)24-17-20(11-10-19(24)2)26(31)28-21-12-14-22(15-13-21)36(32,33)30-25-9-5-6-16-27-25/h3-17,29H,1-2H3,(H,27,30)(H,28,31). The maximum absolute atomic E-state index is 13.1. The molecule has 1 aromatic heterocycles. The van der Waals surface area contributed by atoms with Gasteiger partial charge in [-0.3, -0.25) is 14.2 Å². The van der Waals surface area contributed by atoms with Crippen molar-refractivity contribution in [3.05, 3.63) is 108 Å². The molecule has 0 saturated heterocycles. The normalized spacial score (nSPS) is 11.5. The third-order valence-corrected chi connectivity index (χ3v) is 8.33. The number of nitrogens with one attached hydrogen (secondary N) is 3. The van der Waals surface area contributed by atoms with Gasteiger partial charge in [0.25, 0.3) is 26.0 Å². The van der Waals surface area contributed by atoms with Crippen LogP contribution in [0.25, 0.3) is 0 Å². The minimum Gasteiger partial charge on any atom is -0.322 e. The zero-order valence-electron chi connectivity index (χ0n) is 20.0. The molecule has 0 fully saturated rings. The van der Waals surface area contributed by atoms with Crippen LogP contribution in [0.1, 0.15) is 21.5 Å². The Kier molecular flexibility index (Phi) is 7.28. The lowest BCUT2D eigenvalue weighted by Crippen LogP contribution is -2.17. The van der Waals surface area contributed by atoms with Crippen molar-refractivity contribution in [2.75, 3.05) is 14.8 Å². The van der Waals surface area contributed by atoms with E-state index in [1.807, 2.05) is 6.07 Å². The lowest BCUT2D eigenvalue weighted by Gasteiger charge is -2.14. The molecule has 11 heteroatoms. The van der Waals surface area contributed by atoms with Crippen molar-refractivity contribution < 1.29 is 21.6 Å². The molecule has 0 aliphatic rings. The number of anilines is 3. The highest BCUT2D eigenvalue weighted by Crippen LogP contribution is 2.24. The molecule has 0 atom stereocenters. The molecule has 0 saturated carbocycles. The molecule has 0 radical (unpaired) electrons. The van der Waals surface area contributed by atoms with Crippen molar-refractivity contribution in [1.29, 1.82) is 0 Å². The molecule has 1 heterocycles. The number of hydrogen-bond donors (Lipinski definition) is 3. The fourth-order valence-corrected chi connectivity index (χ4v) is 5.87. The largest absolute Gasteiger partial charge is 0.322 e. The summed E-state index contributed by atoms with van der Waals surface area (Å²) in [6, 6.07) is 21.8. The van der Waals surface area contributed by atoms with Gasteiger partial charge in [-0.1, -0.05) is 30.3 Å². The molecule has 4 rings (SSSR count). The van der Waals surface area contributed by atoms with Crippen LogP contribution in [0, 0.1) is 13.8 Å². The highest BCUT2D eigenvalue weighted by atomic mass is 32.2. The minimum atomic E-state index is -3.95. The van der Waals surface area contributed by atoms with Crippen LogP contribution in [0.5, 0.6) is 0 Å². The van der Waals surface area contributed by atoms with E-state index in [-0.39, 0.29) is 21.2 Å². The summed E-state index contributed by atoms with van der Waals surface area (Å²) in [6.07, 6.45) is 1.47. The van der Waals surface area contributed by atoms with Gasteiger partial charge in [0.15, 0.2) is 0 Å². The van der Waals surface area contributed by atoms with Crippen LogP contribution >= 0.6 is 0 Å². The second kappa shape index (κ2) is 10.4. The Morgan fingerprint density at radius 2 is 1.43 bits per heavy atom. The monoisotopic (exact) mass is 536 g/mol. The molecule has 4 aromatic rings. The van der Waals surface area contributed by atoms with Gasteiger partial charge in [-0.05, 0) is 79.6 Å². The number of nitrogens with zero attached hydrogens (tertiary/aromatic N) is 1. The van der Waals surface area contributed by atoms with Crippen molar-refractivity contribution in [1.82, 2.24) is 4.98 Å². The van der Waals surface area contributed by atoms with Gasteiger partial charge < -0.3 is 5.32 Å². The quantitative estimate of drug-likeness (QED) is 0.302. The number of carbonyl (C=O) groups is 1. The van der Waals surface area contributed by atoms with Gasteiger partial charge in [0, 0.05) is 17.4 Å². The smallest absolute Gasteiger partial charge is 0.263 e. The molecule has 3 N–H and O–H groups in total. The van der Waals surface area contributed by atoms with Crippen LogP contribution in [0.15, 0.2) is 101 Å². The zero-order chi connectivity index (χ0) is 26.6. The van der Waals surface area contributed by atoms with Gasteiger partial charge >= 0.3 is 0 Å². The van der Waals surface area contributed by atoms with E-state index in [4.69, 9.17) is 0 Å². The number of aryl methyl sites for hydroxylation is 2. The number of carbonyl (C=O) groups excluding carboxylic acids is 1. The Labute approximate surface area is 215 Å². The average Bonchev–Trinajstić information content (AvgIpc) is 2.86. The molecule has 190 valence electrons. The fraction of sp³-hybridized carbons (Fsp3) is 0.0769. The van der Waals surface area contributed by atoms with Gasteiger partial charge in [-0.25, -0.2) is 21.8 Å². The van der Waals surface area contributed by atoms with E-state index in [1.165, 1.54) is 48.7 Å². The van der Waals surface area contributed by atoms with Crippen molar-refractivity contribution in [3.8, 4) is 0 Å². The Hall–Kier alpha value is -4.22. The highest BCUT2D eigenvalue weighted by Gasteiger charge is 2.20. The number of para-hydroxylation sites is 1. The number of amides is 1. The topological polar surface area (TPSA) is 134 Å². The summed E-state index contributed by atoms with van der Waals surface area (Å²) in [5, 5.41) is 2.66. The number of pyridine rings is 1. The molecule has 0 aliphatic heterocycles. The molecule has 0 spiro atoms. The summed E-state index contributed by atoms with van der Waals surface area (Å²) < 4.78 is 56.2.